The third-order valence-corrected chi connectivity index (χ3v) is 7.70. The maximum absolute atomic E-state index is 13.9. The maximum atomic E-state index is 13.9. The molecule has 3 atom stereocenters. The van der Waals surface area contributed by atoms with Crippen molar-refractivity contribution in [2.45, 2.75) is 102 Å². The van der Waals surface area contributed by atoms with Gasteiger partial charge in [-0.1, -0.05) is 46.0 Å². The highest BCUT2D eigenvalue weighted by Gasteiger charge is 2.47. The first kappa shape index (κ1) is 33.3. The fourth-order valence-electron chi connectivity index (χ4n) is 5.80. The number of likely N-dealkylation sites (tertiary alicyclic amines) is 1. The number of methoxy groups -OCH3 is 1. The predicted molar refractivity (Wildman–Crippen MR) is 141 cm³/mol. The number of hydrogen-bond donors (Lipinski definition) is 2. The van der Waals surface area contributed by atoms with E-state index in [9.17, 15) is 37.5 Å². The quantitative estimate of drug-likeness (QED) is 0.287. The number of nitrogens with zero attached hydrogens (tertiary/aromatic N) is 3. The number of carbonyl (C=O) groups excluding carboxylic acids is 3. The molecule has 1 aliphatic heterocycles. The Labute approximate surface area is 233 Å². The second kappa shape index (κ2) is 14.2. The maximum Gasteiger partial charge on any atom is 0.468 e. The van der Waals surface area contributed by atoms with Crippen molar-refractivity contribution in [3.63, 3.8) is 0 Å². The Bertz CT molecular complexity index is 945. The minimum atomic E-state index is -4.92. The number of carbonyl (C=O) groups is 4. The van der Waals surface area contributed by atoms with E-state index in [1.807, 2.05) is 0 Å². The smallest absolute Gasteiger partial charge is 0.468 e. The lowest BCUT2D eigenvalue weighted by atomic mass is 9.79. The monoisotopic (exact) mass is 576 g/mol. The lowest BCUT2D eigenvalue weighted by Gasteiger charge is -2.38. The largest absolute Gasteiger partial charge is 0.481 e. The Morgan fingerprint density at radius 2 is 1.65 bits per heavy atom. The van der Waals surface area contributed by atoms with Crippen LogP contribution in [0.1, 0.15) is 78.6 Å². The van der Waals surface area contributed by atoms with Crippen LogP contribution >= 0.6 is 0 Å². The average Bonchev–Trinajstić information content (AvgIpc) is 3.40. The molecule has 1 aliphatic carbocycles. The molecule has 1 heterocycles. The zero-order chi connectivity index (χ0) is 30.3. The van der Waals surface area contributed by atoms with E-state index in [4.69, 9.17) is 0 Å². The van der Waals surface area contributed by atoms with Crippen molar-refractivity contribution in [2.75, 3.05) is 27.2 Å². The molecule has 2 N–H and O–H groups in total. The van der Waals surface area contributed by atoms with Crippen LogP contribution in [0.3, 0.4) is 0 Å². The predicted octanol–water partition coefficient (Wildman–Crippen LogP) is 3.39. The van der Waals surface area contributed by atoms with E-state index in [2.05, 4.69) is 15.0 Å². The second-order valence-corrected chi connectivity index (χ2v) is 11.4. The first-order valence-corrected chi connectivity index (χ1v) is 13.9. The molecule has 13 heteroatoms. The van der Waals surface area contributed by atoms with Gasteiger partial charge in [-0.2, -0.15) is 13.2 Å². The summed E-state index contributed by atoms with van der Waals surface area (Å²) >= 11 is 0. The van der Waals surface area contributed by atoms with Crippen molar-refractivity contribution in [1.82, 2.24) is 15.1 Å². The van der Waals surface area contributed by atoms with E-state index in [0.29, 0.717) is 13.1 Å². The van der Waals surface area contributed by atoms with E-state index in [0.717, 1.165) is 57.0 Å². The number of carboxylic acids is 1. The summed E-state index contributed by atoms with van der Waals surface area (Å²) in [6.45, 7) is 5.54. The van der Waals surface area contributed by atoms with E-state index in [1.165, 1.54) is 18.9 Å². The number of amides is 3. The summed E-state index contributed by atoms with van der Waals surface area (Å²) < 4.78 is 45.4. The van der Waals surface area contributed by atoms with Crippen LogP contribution in [0.5, 0.6) is 0 Å². The summed E-state index contributed by atoms with van der Waals surface area (Å²) in [6.07, 6.45) is 0.335. The zero-order valence-electron chi connectivity index (χ0n) is 24.1. The number of ether oxygens (including phenoxy) is 1. The highest BCUT2D eigenvalue weighted by atomic mass is 19.4. The first-order valence-electron chi connectivity index (χ1n) is 13.9. The lowest BCUT2D eigenvalue weighted by Crippen LogP contribution is -2.59. The molecule has 2 aliphatic rings. The van der Waals surface area contributed by atoms with Gasteiger partial charge in [-0.15, -0.1) is 0 Å². The van der Waals surface area contributed by atoms with Gasteiger partial charge in [0.25, 0.3) is 11.8 Å². The van der Waals surface area contributed by atoms with Crippen molar-refractivity contribution in [1.29, 1.82) is 0 Å². The molecule has 40 heavy (non-hydrogen) atoms. The molecule has 2 fully saturated rings. The third-order valence-electron chi connectivity index (χ3n) is 7.70. The second-order valence-electron chi connectivity index (χ2n) is 11.4. The molecule has 1 saturated carbocycles. The van der Waals surface area contributed by atoms with Crippen LogP contribution < -0.4 is 5.32 Å². The molecule has 0 radical (unpaired) electrons. The van der Waals surface area contributed by atoms with E-state index < -0.39 is 65.7 Å². The van der Waals surface area contributed by atoms with Gasteiger partial charge in [-0.25, -0.2) is 4.99 Å². The minimum absolute atomic E-state index is 0.0319. The fourth-order valence-corrected chi connectivity index (χ4v) is 5.80. The molecule has 0 aromatic rings. The molecule has 0 spiro atoms. The van der Waals surface area contributed by atoms with Gasteiger partial charge < -0.3 is 25.0 Å². The van der Waals surface area contributed by atoms with Gasteiger partial charge in [0.05, 0.1) is 13.5 Å². The van der Waals surface area contributed by atoms with E-state index in [1.54, 1.807) is 13.8 Å². The Balaban J connectivity index is 2.39. The van der Waals surface area contributed by atoms with E-state index >= 15 is 0 Å². The number of aliphatic carboxylic acids is 1. The normalized spacial score (nSPS) is 20.0. The zero-order valence-corrected chi connectivity index (χ0v) is 24.1. The highest BCUT2D eigenvalue weighted by molar-refractivity contribution is 5.96. The van der Waals surface area contributed by atoms with Gasteiger partial charge in [0, 0.05) is 20.1 Å². The number of carboxylic acid groups (broad SMARTS) is 1. The topological polar surface area (TPSA) is 129 Å². The number of alkyl halides is 3. The SMILES string of the molecule is COC(=N[C@@](C)(CC1CCCCC1)C(=O)N(C)C(C(=O)N[C@@H](CC(=O)O)C(=O)N1CCCC1)C(C)C)C(F)(F)F. The molecule has 1 unspecified atom stereocenters. The van der Waals surface area contributed by atoms with Crippen LogP contribution in [0.25, 0.3) is 0 Å². The van der Waals surface area contributed by atoms with Crippen LogP contribution in [-0.2, 0) is 23.9 Å². The number of nitrogens with one attached hydrogen (secondary N) is 1. The number of likely N-dealkylation sites (N-methyl/N-ethyl adjacent to an activating group) is 1. The molecule has 2 rings (SSSR count). The minimum Gasteiger partial charge on any atom is -0.481 e. The summed E-state index contributed by atoms with van der Waals surface area (Å²) in [5, 5.41) is 11.9. The summed E-state index contributed by atoms with van der Waals surface area (Å²) in [6, 6.07) is -2.54. The molecule has 228 valence electrons. The van der Waals surface area contributed by atoms with E-state index in [-0.39, 0.29) is 12.3 Å². The van der Waals surface area contributed by atoms with Gasteiger partial charge in [0.1, 0.15) is 17.6 Å². The van der Waals surface area contributed by atoms with Crippen LogP contribution in [0.15, 0.2) is 4.99 Å². The van der Waals surface area contributed by atoms with Gasteiger partial charge >= 0.3 is 12.1 Å². The van der Waals surface area contributed by atoms with Crippen LogP contribution in [0, 0.1) is 11.8 Å². The first-order chi connectivity index (χ1) is 18.6. The summed E-state index contributed by atoms with van der Waals surface area (Å²) in [4.78, 5) is 58.2. The van der Waals surface area contributed by atoms with Crippen molar-refractivity contribution in [3.8, 4) is 0 Å². The molecule has 0 aromatic heterocycles. The van der Waals surface area contributed by atoms with Crippen LogP contribution in [0.4, 0.5) is 13.2 Å². The van der Waals surface area contributed by atoms with Gasteiger partial charge in [-0.05, 0) is 38.0 Å². The molecular weight excluding hydrogens is 533 g/mol. The molecular formula is C27H43F3N4O6. The lowest BCUT2D eigenvalue weighted by molar-refractivity contribution is -0.147. The van der Waals surface area contributed by atoms with Crippen molar-refractivity contribution >= 4 is 29.6 Å². The Kier molecular flexibility index (Phi) is 11.8. The van der Waals surface area contributed by atoms with Crippen molar-refractivity contribution in [2.24, 2.45) is 16.8 Å². The summed E-state index contributed by atoms with van der Waals surface area (Å²) in [5.41, 5.74) is -1.88. The number of aliphatic imine (C=N–C) groups is 1. The number of rotatable bonds is 11. The number of halogens is 3. The average molecular weight is 577 g/mol. The van der Waals surface area contributed by atoms with Gasteiger partial charge in [-0.3, -0.25) is 19.2 Å². The standard InChI is InChI=1S/C27H43F3N4O6/c1-17(2)21(22(37)31-19(15-20(35)36)23(38)34-13-9-10-14-34)33(4)25(39)26(3,16-18-11-7-6-8-12-18)32-24(40-5)27(28,29)30/h17-19,21H,6-16H2,1-5H3,(H,31,37)(H,35,36)/t19-,21?,26-/m0/s1. The molecule has 1 saturated heterocycles. The molecule has 10 nitrogen and oxygen atoms in total. The van der Waals surface area contributed by atoms with Gasteiger partial charge in [0.2, 0.25) is 11.8 Å². The summed E-state index contributed by atoms with van der Waals surface area (Å²) in [5.74, 6) is -5.45. The van der Waals surface area contributed by atoms with Crippen LogP contribution in [-0.4, -0.2) is 95.5 Å². The molecule has 3 amide bonds. The molecule has 0 bridgehead atoms. The van der Waals surface area contributed by atoms with Crippen molar-refractivity contribution in [3.05, 3.63) is 0 Å². The van der Waals surface area contributed by atoms with Gasteiger partial charge in [0.15, 0.2) is 0 Å². The van der Waals surface area contributed by atoms with Crippen molar-refractivity contribution < 1.29 is 42.2 Å². The molecule has 0 aromatic carbocycles. The Morgan fingerprint density at radius 3 is 2.12 bits per heavy atom. The highest BCUT2D eigenvalue weighted by Crippen LogP contribution is 2.35. The fraction of sp³-hybridized carbons (Fsp3) is 0.815. The Morgan fingerprint density at radius 1 is 1.07 bits per heavy atom. The third kappa shape index (κ3) is 8.82. The summed E-state index contributed by atoms with van der Waals surface area (Å²) in [7, 11) is 2.15. The Hall–Kier alpha value is -2.86. The number of hydrogen-bond acceptors (Lipinski definition) is 6. The van der Waals surface area contributed by atoms with Crippen LogP contribution in [0.2, 0.25) is 0 Å².